The number of benzene rings is 3. The molecule has 3 aromatic rings. The van der Waals surface area contributed by atoms with Crippen molar-refractivity contribution in [1.82, 2.24) is 0 Å². The lowest BCUT2D eigenvalue weighted by Gasteiger charge is -2.51. The van der Waals surface area contributed by atoms with Crippen molar-refractivity contribution >= 4 is 34.9 Å². The largest absolute Gasteiger partial charge is 0.367 e. The van der Waals surface area contributed by atoms with Crippen LogP contribution in [0.1, 0.15) is 29.5 Å². The number of barbiturate groups is 1. The highest BCUT2D eigenvalue weighted by atomic mass is 16.2. The van der Waals surface area contributed by atoms with Crippen LogP contribution in [-0.4, -0.2) is 30.4 Å². The van der Waals surface area contributed by atoms with Gasteiger partial charge in [-0.2, -0.15) is 0 Å². The maximum Gasteiger partial charge on any atom is 0.342 e. The van der Waals surface area contributed by atoms with Crippen molar-refractivity contribution in [3.63, 3.8) is 0 Å². The van der Waals surface area contributed by atoms with Gasteiger partial charge in [0.25, 0.3) is 11.8 Å². The van der Waals surface area contributed by atoms with E-state index in [4.69, 9.17) is 0 Å². The third kappa shape index (κ3) is 3.05. The molecule has 2 fully saturated rings. The minimum Gasteiger partial charge on any atom is -0.367 e. The van der Waals surface area contributed by atoms with E-state index < -0.39 is 23.3 Å². The maximum absolute atomic E-state index is 14.4. The maximum atomic E-state index is 14.4. The Labute approximate surface area is 204 Å². The van der Waals surface area contributed by atoms with E-state index in [1.54, 1.807) is 24.3 Å². The average molecular weight is 466 g/mol. The van der Waals surface area contributed by atoms with Gasteiger partial charge in [0.05, 0.1) is 17.4 Å². The Morgan fingerprint density at radius 2 is 1.29 bits per heavy atom. The number of fused-ring (bicyclic) bond motifs is 4. The number of carbonyl (C=O) groups is 3. The number of nitrogens with zero attached hydrogens (tertiary/aromatic N) is 3. The van der Waals surface area contributed by atoms with Crippen LogP contribution in [0.15, 0.2) is 72.8 Å². The molecule has 1 unspecified atom stereocenters. The van der Waals surface area contributed by atoms with E-state index in [2.05, 4.69) is 11.0 Å². The molecule has 1 spiro atoms. The normalized spacial score (nSPS) is 20.9. The molecule has 3 heterocycles. The van der Waals surface area contributed by atoms with Crippen LogP contribution in [0.2, 0.25) is 0 Å². The minimum atomic E-state index is -1.38. The SMILES string of the molecule is Cc1ccc(N2C(=O)N(c3ccc(C)cc3)C(=O)C3(Cc4ccccc4N4CCCC43)C2=O)cc1. The fraction of sp³-hybridized carbons (Fsp3) is 0.276. The summed E-state index contributed by atoms with van der Waals surface area (Å²) in [5.74, 6) is -0.850. The number of para-hydroxylation sites is 1. The van der Waals surface area contributed by atoms with Gasteiger partial charge in [-0.3, -0.25) is 9.59 Å². The fourth-order valence-electron chi connectivity index (χ4n) is 5.97. The second-order valence-corrected chi connectivity index (χ2v) is 9.86. The molecule has 0 aliphatic carbocycles. The first-order chi connectivity index (χ1) is 16.9. The molecule has 4 amide bonds. The second kappa shape index (κ2) is 7.80. The van der Waals surface area contributed by atoms with Crippen LogP contribution in [0.4, 0.5) is 21.9 Å². The number of urea groups is 1. The number of carbonyl (C=O) groups excluding carboxylic acids is 3. The molecule has 6 rings (SSSR count). The highest BCUT2D eigenvalue weighted by Gasteiger charge is 2.65. The van der Waals surface area contributed by atoms with Crippen LogP contribution in [0, 0.1) is 19.3 Å². The van der Waals surface area contributed by atoms with Crippen LogP contribution < -0.4 is 14.7 Å². The number of aryl methyl sites for hydroxylation is 2. The van der Waals surface area contributed by atoms with E-state index in [1.807, 2.05) is 56.3 Å². The highest BCUT2D eigenvalue weighted by molar-refractivity contribution is 6.39. The van der Waals surface area contributed by atoms with Gasteiger partial charge in [0.1, 0.15) is 0 Å². The number of hydrogen-bond acceptors (Lipinski definition) is 4. The first-order valence-corrected chi connectivity index (χ1v) is 12.1. The molecule has 2 saturated heterocycles. The molecular formula is C29H27N3O3. The lowest BCUT2D eigenvalue weighted by atomic mass is 9.68. The fourth-order valence-corrected chi connectivity index (χ4v) is 5.97. The van der Waals surface area contributed by atoms with Gasteiger partial charge in [-0.1, -0.05) is 53.6 Å². The summed E-state index contributed by atoms with van der Waals surface area (Å²) < 4.78 is 0. The molecule has 0 saturated carbocycles. The van der Waals surface area contributed by atoms with Crippen molar-refractivity contribution in [2.75, 3.05) is 21.2 Å². The summed E-state index contributed by atoms with van der Waals surface area (Å²) in [4.78, 5) is 47.4. The number of hydrogen-bond donors (Lipinski definition) is 0. The van der Waals surface area contributed by atoms with E-state index in [1.165, 1.54) is 9.80 Å². The van der Waals surface area contributed by atoms with E-state index in [0.717, 1.165) is 41.8 Å². The Bertz CT molecular complexity index is 1280. The van der Waals surface area contributed by atoms with Crippen LogP contribution in [0.5, 0.6) is 0 Å². The zero-order chi connectivity index (χ0) is 24.3. The third-order valence-electron chi connectivity index (χ3n) is 7.73. The van der Waals surface area contributed by atoms with Crippen molar-refractivity contribution in [2.45, 2.75) is 39.2 Å². The summed E-state index contributed by atoms with van der Waals surface area (Å²) in [5, 5.41) is 0. The molecule has 3 aliphatic rings. The zero-order valence-corrected chi connectivity index (χ0v) is 19.9. The summed E-state index contributed by atoms with van der Waals surface area (Å²) in [6.45, 7) is 4.70. The number of imide groups is 2. The first kappa shape index (κ1) is 21.6. The lowest BCUT2D eigenvalue weighted by molar-refractivity contribution is -0.142. The van der Waals surface area contributed by atoms with Crippen molar-refractivity contribution in [1.29, 1.82) is 0 Å². The molecule has 0 N–H and O–H groups in total. The summed E-state index contributed by atoms with van der Waals surface area (Å²) in [7, 11) is 0. The van der Waals surface area contributed by atoms with E-state index in [-0.39, 0.29) is 12.5 Å². The first-order valence-electron chi connectivity index (χ1n) is 12.1. The van der Waals surface area contributed by atoms with Gasteiger partial charge in [0.15, 0.2) is 5.41 Å². The molecule has 3 aliphatic heterocycles. The van der Waals surface area contributed by atoms with Crippen molar-refractivity contribution in [2.24, 2.45) is 5.41 Å². The van der Waals surface area contributed by atoms with Crippen molar-refractivity contribution < 1.29 is 14.4 Å². The number of anilines is 3. The molecule has 0 radical (unpaired) electrons. The summed E-state index contributed by atoms with van der Waals surface area (Å²) in [6, 6.07) is 21.7. The molecular weight excluding hydrogens is 438 g/mol. The quantitative estimate of drug-likeness (QED) is 0.499. The van der Waals surface area contributed by atoms with E-state index >= 15 is 0 Å². The Kier molecular flexibility index (Phi) is 4.81. The Hall–Kier alpha value is -3.93. The Morgan fingerprint density at radius 1 is 0.743 bits per heavy atom. The van der Waals surface area contributed by atoms with Gasteiger partial charge in [0, 0.05) is 12.2 Å². The van der Waals surface area contributed by atoms with E-state index in [0.29, 0.717) is 11.4 Å². The topological polar surface area (TPSA) is 60.9 Å². The number of rotatable bonds is 2. The van der Waals surface area contributed by atoms with Gasteiger partial charge in [-0.05, 0) is 69.0 Å². The summed E-state index contributed by atoms with van der Waals surface area (Å²) >= 11 is 0. The third-order valence-corrected chi connectivity index (χ3v) is 7.73. The Balaban J connectivity index is 1.57. The zero-order valence-electron chi connectivity index (χ0n) is 19.9. The minimum absolute atomic E-state index is 0.278. The highest BCUT2D eigenvalue weighted by Crippen LogP contribution is 2.50. The van der Waals surface area contributed by atoms with Gasteiger partial charge >= 0.3 is 6.03 Å². The molecule has 1 atom stereocenters. The monoisotopic (exact) mass is 465 g/mol. The molecule has 3 aromatic carbocycles. The van der Waals surface area contributed by atoms with Crippen LogP contribution >= 0.6 is 0 Å². The van der Waals surface area contributed by atoms with Gasteiger partial charge in [-0.15, -0.1) is 0 Å². The molecule has 6 heteroatoms. The summed E-state index contributed by atoms with van der Waals surface area (Å²) in [5.41, 5.74) is 3.70. The molecule has 35 heavy (non-hydrogen) atoms. The summed E-state index contributed by atoms with van der Waals surface area (Å²) in [6.07, 6.45) is 1.90. The molecule has 0 bridgehead atoms. The van der Waals surface area contributed by atoms with Gasteiger partial charge < -0.3 is 4.90 Å². The standard InChI is InChI=1S/C29H27N3O3/c1-19-9-13-22(14-10-19)31-26(33)29(27(34)32(28(31)35)23-15-11-20(2)12-16-23)18-21-6-3-4-7-24(21)30-17-5-8-25(29)30/h3-4,6-7,9-16,25H,5,8,17-18H2,1-2H3. The average Bonchev–Trinajstić information content (AvgIpc) is 3.36. The van der Waals surface area contributed by atoms with E-state index in [9.17, 15) is 14.4 Å². The predicted octanol–water partition coefficient (Wildman–Crippen LogP) is 5.01. The molecule has 0 aromatic heterocycles. The van der Waals surface area contributed by atoms with Crippen LogP contribution in [-0.2, 0) is 16.0 Å². The lowest BCUT2D eigenvalue weighted by Crippen LogP contribution is -2.72. The van der Waals surface area contributed by atoms with Crippen LogP contribution in [0.25, 0.3) is 0 Å². The molecule has 6 nitrogen and oxygen atoms in total. The van der Waals surface area contributed by atoms with Gasteiger partial charge in [0.2, 0.25) is 0 Å². The van der Waals surface area contributed by atoms with Crippen molar-refractivity contribution in [3.05, 3.63) is 89.5 Å². The molecule has 176 valence electrons. The van der Waals surface area contributed by atoms with Crippen molar-refractivity contribution in [3.8, 4) is 0 Å². The second-order valence-electron chi connectivity index (χ2n) is 9.86. The Morgan fingerprint density at radius 3 is 1.86 bits per heavy atom. The smallest absolute Gasteiger partial charge is 0.342 e. The number of amides is 4. The predicted molar refractivity (Wildman–Crippen MR) is 136 cm³/mol. The van der Waals surface area contributed by atoms with Gasteiger partial charge in [-0.25, -0.2) is 14.6 Å². The van der Waals surface area contributed by atoms with Crippen LogP contribution in [0.3, 0.4) is 0 Å².